The van der Waals surface area contributed by atoms with Crippen LogP contribution in [-0.4, -0.2) is 20.4 Å². The predicted molar refractivity (Wildman–Crippen MR) is 103 cm³/mol. The highest BCUT2D eigenvalue weighted by Crippen LogP contribution is 2.18. The number of aromatic nitrogens is 3. The Labute approximate surface area is 151 Å². The zero-order valence-corrected chi connectivity index (χ0v) is 14.6. The first-order valence-electron chi connectivity index (χ1n) is 8.40. The molecule has 0 unspecified atom stereocenters. The second-order valence-electron chi connectivity index (χ2n) is 6.19. The molecule has 1 amide bonds. The summed E-state index contributed by atoms with van der Waals surface area (Å²) in [5.74, 6) is -0.170. The van der Waals surface area contributed by atoms with Gasteiger partial charge in [-0.3, -0.25) is 4.79 Å². The quantitative estimate of drug-likeness (QED) is 0.604. The fourth-order valence-corrected chi connectivity index (χ4v) is 2.83. The van der Waals surface area contributed by atoms with Crippen molar-refractivity contribution in [2.75, 3.05) is 5.32 Å². The Morgan fingerprint density at radius 2 is 1.62 bits per heavy atom. The first-order valence-corrected chi connectivity index (χ1v) is 8.40. The minimum atomic E-state index is -0.170. The van der Waals surface area contributed by atoms with Crippen molar-refractivity contribution in [3.63, 3.8) is 0 Å². The lowest BCUT2D eigenvalue weighted by molar-refractivity contribution is 0.102. The topological polar surface area (TPSA) is 59.8 Å². The van der Waals surface area contributed by atoms with Crippen molar-refractivity contribution in [1.29, 1.82) is 0 Å². The number of amides is 1. The van der Waals surface area contributed by atoms with Gasteiger partial charge in [-0.25, -0.2) is 9.97 Å². The smallest absolute Gasteiger partial charge is 0.255 e. The van der Waals surface area contributed by atoms with Crippen LogP contribution in [0.15, 0.2) is 67.0 Å². The molecule has 26 heavy (non-hydrogen) atoms. The summed E-state index contributed by atoms with van der Waals surface area (Å²) in [4.78, 5) is 21.7. The van der Waals surface area contributed by atoms with Gasteiger partial charge in [-0.15, -0.1) is 0 Å². The maximum Gasteiger partial charge on any atom is 0.255 e. The molecule has 0 saturated carbocycles. The van der Waals surface area contributed by atoms with Gasteiger partial charge in [0.2, 0.25) is 0 Å². The molecule has 2 heterocycles. The van der Waals surface area contributed by atoms with Gasteiger partial charge in [0.15, 0.2) is 0 Å². The third-order valence-electron chi connectivity index (χ3n) is 4.34. The van der Waals surface area contributed by atoms with E-state index in [1.807, 2.05) is 73.3 Å². The summed E-state index contributed by atoms with van der Waals surface area (Å²) < 4.78 is 1.99. The number of nitrogens with zero attached hydrogens (tertiary/aromatic N) is 3. The van der Waals surface area contributed by atoms with Gasteiger partial charge in [0.05, 0.1) is 22.4 Å². The molecule has 0 spiro atoms. The lowest BCUT2D eigenvalue weighted by atomic mass is 10.1. The number of hydrogen-bond donors (Lipinski definition) is 1. The maximum absolute atomic E-state index is 12.6. The minimum Gasteiger partial charge on any atom is -0.324 e. The lowest BCUT2D eigenvalue weighted by Gasteiger charge is -2.09. The van der Waals surface area contributed by atoms with Crippen LogP contribution in [0.5, 0.6) is 0 Å². The van der Waals surface area contributed by atoms with E-state index in [2.05, 4.69) is 15.3 Å². The second-order valence-corrected chi connectivity index (χ2v) is 6.19. The monoisotopic (exact) mass is 342 g/mol. The number of nitrogens with one attached hydrogen (secondary N) is 1. The number of hydrogen-bond acceptors (Lipinski definition) is 3. The summed E-state index contributed by atoms with van der Waals surface area (Å²) in [6.07, 6.45) is 3.93. The molecule has 0 atom stereocenters. The van der Waals surface area contributed by atoms with Gasteiger partial charge in [0.1, 0.15) is 0 Å². The van der Waals surface area contributed by atoms with E-state index in [1.165, 1.54) is 0 Å². The summed E-state index contributed by atoms with van der Waals surface area (Å²) in [5, 5.41) is 2.95. The Bertz CT molecular complexity index is 1100. The highest BCUT2D eigenvalue weighted by Gasteiger charge is 2.10. The lowest BCUT2D eigenvalue weighted by Crippen LogP contribution is -2.12. The molecule has 0 radical (unpaired) electrons. The van der Waals surface area contributed by atoms with Gasteiger partial charge in [0.25, 0.3) is 5.91 Å². The van der Waals surface area contributed by atoms with Crippen LogP contribution in [0.3, 0.4) is 0 Å². The van der Waals surface area contributed by atoms with Crippen LogP contribution < -0.4 is 5.32 Å². The van der Waals surface area contributed by atoms with E-state index < -0.39 is 0 Å². The molecule has 0 bridgehead atoms. The van der Waals surface area contributed by atoms with E-state index in [0.29, 0.717) is 5.56 Å². The first kappa shape index (κ1) is 16.0. The summed E-state index contributed by atoms with van der Waals surface area (Å²) in [6.45, 7) is 3.85. The molecule has 0 saturated heterocycles. The standard InChI is InChI=1S/C21H18N4O/c1-14-15(2)23-20-12-16(8-9-19(20)22-14)21(26)24-17-6-5-7-18(13-17)25-10-3-4-11-25/h3-13H,1-2H3,(H,24,26). The predicted octanol–water partition coefficient (Wildman–Crippen LogP) is 4.29. The van der Waals surface area contributed by atoms with E-state index >= 15 is 0 Å². The number of carbonyl (C=O) groups is 1. The number of anilines is 1. The average Bonchev–Trinajstić information content (AvgIpc) is 3.17. The van der Waals surface area contributed by atoms with Gasteiger partial charge in [-0.05, 0) is 62.4 Å². The zero-order valence-electron chi connectivity index (χ0n) is 14.6. The van der Waals surface area contributed by atoms with Crippen LogP contribution in [0.25, 0.3) is 16.7 Å². The van der Waals surface area contributed by atoms with Crippen molar-refractivity contribution in [2.45, 2.75) is 13.8 Å². The number of aryl methyl sites for hydroxylation is 2. The molecular formula is C21H18N4O. The third-order valence-corrected chi connectivity index (χ3v) is 4.34. The summed E-state index contributed by atoms with van der Waals surface area (Å²) >= 11 is 0. The normalized spacial score (nSPS) is 10.8. The fourth-order valence-electron chi connectivity index (χ4n) is 2.83. The number of rotatable bonds is 3. The van der Waals surface area contributed by atoms with Gasteiger partial charge < -0.3 is 9.88 Å². The average molecular weight is 342 g/mol. The summed E-state index contributed by atoms with van der Waals surface area (Å²) in [6, 6.07) is 17.0. The van der Waals surface area contributed by atoms with Crippen molar-refractivity contribution in [3.05, 3.63) is 83.9 Å². The molecule has 0 fully saturated rings. The van der Waals surface area contributed by atoms with Crippen LogP contribution in [0, 0.1) is 13.8 Å². The van der Waals surface area contributed by atoms with Crippen molar-refractivity contribution in [1.82, 2.24) is 14.5 Å². The van der Waals surface area contributed by atoms with Crippen molar-refractivity contribution < 1.29 is 4.79 Å². The maximum atomic E-state index is 12.6. The van der Waals surface area contributed by atoms with E-state index in [1.54, 1.807) is 12.1 Å². The van der Waals surface area contributed by atoms with Crippen molar-refractivity contribution >= 4 is 22.6 Å². The molecule has 5 heteroatoms. The van der Waals surface area contributed by atoms with E-state index in [4.69, 9.17) is 0 Å². The van der Waals surface area contributed by atoms with Crippen LogP contribution in [0.1, 0.15) is 21.7 Å². The highest BCUT2D eigenvalue weighted by atomic mass is 16.1. The van der Waals surface area contributed by atoms with E-state index in [9.17, 15) is 4.79 Å². The summed E-state index contributed by atoms with van der Waals surface area (Å²) in [5.41, 5.74) is 5.57. The molecule has 4 rings (SSSR count). The van der Waals surface area contributed by atoms with Gasteiger partial charge in [0, 0.05) is 29.3 Å². The molecule has 128 valence electrons. The second kappa shape index (κ2) is 6.44. The number of fused-ring (bicyclic) bond motifs is 1. The molecule has 0 aliphatic carbocycles. The number of benzene rings is 2. The largest absolute Gasteiger partial charge is 0.324 e. The molecule has 1 N–H and O–H groups in total. The van der Waals surface area contributed by atoms with Crippen LogP contribution >= 0.6 is 0 Å². The van der Waals surface area contributed by atoms with Crippen LogP contribution in [-0.2, 0) is 0 Å². The fraction of sp³-hybridized carbons (Fsp3) is 0.0952. The molecule has 0 aliphatic rings. The van der Waals surface area contributed by atoms with Crippen LogP contribution in [0.2, 0.25) is 0 Å². The Hall–Kier alpha value is -3.47. The Balaban J connectivity index is 1.61. The van der Waals surface area contributed by atoms with Crippen molar-refractivity contribution in [3.8, 4) is 5.69 Å². The zero-order chi connectivity index (χ0) is 18.1. The minimum absolute atomic E-state index is 0.170. The molecule has 5 nitrogen and oxygen atoms in total. The van der Waals surface area contributed by atoms with Crippen LogP contribution in [0.4, 0.5) is 5.69 Å². The van der Waals surface area contributed by atoms with Gasteiger partial charge >= 0.3 is 0 Å². The molecular weight excluding hydrogens is 324 g/mol. The Morgan fingerprint density at radius 1 is 0.885 bits per heavy atom. The molecule has 4 aromatic rings. The van der Waals surface area contributed by atoms with Gasteiger partial charge in [-0.1, -0.05) is 6.07 Å². The van der Waals surface area contributed by atoms with E-state index in [0.717, 1.165) is 33.8 Å². The molecule has 2 aromatic carbocycles. The summed E-state index contributed by atoms with van der Waals surface area (Å²) in [7, 11) is 0. The Morgan fingerprint density at radius 3 is 2.38 bits per heavy atom. The molecule has 0 aliphatic heterocycles. The SMILES string of the molecule is Cc1nc2ccc(C(=O)Nc3cccc(-n4cccc4)c3)cc2nc1C. The van der Waals surface area contributed by atoms with Gasteiger partial charge in [-0.2, -0.15) is 0 Å². The van der Waals surface area contributed by atoms with Crippen molar-refractivity contribution in [2.24, 2.45) is 0 Å². The highest BCUT2D eigenvalue weighted by molar-refractivity contribution is 6.06. The Kier molecular flexibility index (Phi) is 3.97. The number of carbonyl (C=O) groups excluding carboxylic acids is 1. The third kappa shape index (κ3) is 3.07. The first-order chi connectivity index (χ1) is 12.6. The van der Waals surface area contributed by atoms with E-state index in [-0.39, 0.29) is 5.91 Å². The molecule has 2 aromatic heterocycles.